The molecule has 3 atom stereocenters. The van der Waals surface area contributed by atoms with Crippen molar-refractivity contribution in [1.29, 1.82) is 0 Å². The minimum Gasteiger partial charge on any atom is -0.497 e. The predicted molar refractivity (Wildman–Crippen MR) is 141 cm³/mol. The van der Waals surface area contributed by atoms with Gasteiger partial charge in [0.15, 0.2) is 5.96 Å². The molecule has 1 fully saturated rings. The van der Waals surface area contributed by atoms with Gasteiger partial charge in [-0.3, -0.25) is 9.89 Å². The second-order valence-electron chi connectivity index (χ2n) is 7.60. The first-order chi connectivity index (χ1) is 15.1. The topological polar surface area (TPSA) is 78.4 Å². The zero-order valence-corrected chi connectivity index (χ0v) is 22.1. The highest BCUT2D eigenvalue weighted by Gasteiger charge is 2.26. The lowest BCUT2D eigenvalue weighted by molar-refractivity contribution is -0.0327. The second-order valence-corrected chi connectivity index (χ2v) is 8.58. The molecule has 0 amide bonds. The summed E-state index contributed by atoms with van der Waals surface area (Å²) in [5, 5.41) is 19.3. The molecule has 9 heteroatoms. The Hall–Kier alpha value is -1.40. The monoisotopic (exact) mass is 574 g/mol. The van der Waals surface area contributed by atoms with Crippen molar-refractivity contribution in [3.8, 4) is 5.75 Å². The molecule has 1 aliphatic rings. The number of morpholine rings is 1. The van der Waals surface area contributed by atoms with Crippen LogP contribution in [0.1, 0.15) is 36.4 Å². The number of guanidine groups is 1. The van der Waals surface area contributed by atoms with Crippen LogP contribution in [0.3, 0.4) is 0 Å². The average molecular weight is 575 g/mol. The van der Waals surface area contributed by atoms with Crippen molar-refractivity contribution >= 4 is 41.3 Å². The van der Waals surface area contributed by atoms with E-state index < -0.39 is 6.10 Å². The quantitative estimate of drug-likeness (QED) is 0.242. The van der Waals surface area contributed by atoms with Crippen LogP contribution in [0.2, 0.25) is 0 Å². The number of aliphatic hydroxyl groups excluding tert-OH is 1. The van der Waals surface area contributed by atoms with Gasteiger partial charge in [-0.15, -0.1) is 35.3 Å². The number of nitrogens with zero attached hydrogens (tertiary/aromatic N) is 2. The molecule has 3 N–H and O–H groups in total. The summed E-state index contributed by atoms with van der Waals surface area (Å²) >= 11 is 1.77. The van der Waals surface area contributed by atoms with Gasteiger partial charge < -0.3 is 25.2 Å². The van der Waals surface area contributed by atoms with E-state index in [1.807, 2.05) is 31.2 Å². The van der Waals surface area contributed by atoms with Crippen molar-refractivity contribution in [3.05, 3.63) is 52.2 Å². The van der Waals surface area contributed by atoms with E-state index in [0.717, 1.165) is 37.6 Å². The fourth-order valence-corrected chi connectivity index (χ4v) is 4.53. The van der Waals surface area contributed by atoms with Crippen LogP contribution in [0.25, 0.3) is 0 Å². The Bertz CT molecular complexity index is 821. The fraction of sp³-hybridized carbons (Fsp3) is 0.522. The smallest absolute Gasteiger partial charge is 0.191 e. The molecule has 2 heterocycles. The van der Waals surface area contributed by atoms with Gasteiger partial charge in [0.05, 0.1) is 38.5 Å². The van der Waals surface area contributed by atoms with Crippen LogP contribution < -0.4 is 15.4 Å². The SMILES string of the molecule is CCNC(=NCC(c1cccs1)N1CCOC(C)C1)NCC(O)c1cccc(OC)c1.I. The Morgan fingerprint density at radius 2 is 2.19 bits per heavy atom. The van der Waals surface area contributed by atoms with E-state index in [1.165, 1.54) is 4.88 Å². The summed E-state index contributed by atoms with van der Waals surface area (Å²) < 4.78 is 11.0. The van der Waals surface area contributed by atoms with Crippen LogP contribution in [-0.4, -0.2) is 68.5 Å². The van der Waals surface area contributed by atoms with Crippen LogP contribution in [-0.2, 0) is 4.74 Å². The zero-order chi connectivity index (χ0) is 22.1. The Kier molecular flexibility index (Phi) is 11.7. The molecule has 0 radical (unpaired) electrons. The highest BCUT2D eigenvalue weighted by molar-refractivity contribution is 14.0. The predicted octanol–water partition coefficient (Wildman–Crippen LogP) is 3.43. The number of ether oxygens (including phenoxy) is 2. The van der Waals surface area contributed by atoms with Gasteiger partial charge in [-0.05, 0) is 43.0 Å². The number of rotatable bonds is 9. The van der Waals surface area contributed by atoms with Gasteiger partial charge in [0, 0.05) is 31.1 Å². The number of aliphatic hydroxyl groups is 1. The van der Waals surface area contributed by atoms with Crippen molar-refractivity contribution in [2.75, 3.05) is 46.4 Å². The van der Waals surface area contributed by atoms with Gasteiger partial charge >= 0.3 is 0 Å². The van der Waals surface area contributed by atoms with Gasteiger partial charge in [0.25, 0.3) is 0 Å². The molecular weight excluding hydrogens is 539 g/mol. The minimum absolute atomic E-state index is 0. The number of halogens is 1. The van der Waals surface area contributed by atoms with E-state index in [-0.39, 0.29) is 36.1 Å². The van der Waals surface area contributed by atoms with Gasteiger partial charge in [0.2, 0.25) is 0 Å². The molecule has 2 aromatic rings. The van der Waals surface area contributed by atoms with Crippen LogP contribution in [0.5, 0.6) is 5.75 Å². The van der Waals surface area contributed by atoms with E-state index in [9.17, 15) is 5.11 Å². The standard InChI is InChI=1S/C23H34N4O3S.HI/c1-4-24-23(26-15-21(28)18-7-5-8-19(13-18)29-3)25-14-20(22-9-6-12-31-22)27-10-11-30-17(2)16-27;/h5-9,12-13,17,20-21,28H,4,10-11,14-16H2,1-3H3,(H2,24,25,26);1H. The van der Waals surface area contributed by atoms with Crippen LogP contribution >= 0.6 is 35.3 Å². The molecule has 0 spiro atoms. The normalized spacial score (nSPS) is 19.0. The van der Waals surface area contributed by atoms with Crippen molar-refractivity contribution in [2.24, 2.45) is 4.99 Å². The van der Waals surface area contributed by atoms with E-state index in [1.54, 1.807) is 18.4 Å². The lowest BCUT2D eigenvalue weighted by Gasteiger charge is -2.36. The molecular formula is C23H35IN4O3S. The summed E-state index contributed by atoms with van der Waals surface area (Å²) in [5.41, 5.74) is 0.807. The van der Waals surface area contributed by atoms with Crippen molar-refractivity contribution in [3.63, 3.8) is 0 Å². The number of thiophene rings is 1. The summed E-state index contributed by atoms with van der Waals surface area (Å²) in [7, 11) is 1.62. The summed E-state index contributed by atoms with van der Waals surface area (Å²) in [6.45, 7) is 8.45. The van der Waals surface area contributed by atoms with Crippen LogP contribution in [0.15, 0.2) is 46.8 Å². The number of aliphatic imine (C=N–C) groups is 1. The minimum atomic E-state index is -0.660. The molecule has 32 heavy (non-hydrogen) atoms. The maximum Gasteiger partial charge on any atom is 0.191 e. The number of nitrogens with one attached hydrogen (secondary N) is 2. The Morgan fingerprint density at radius 3 is 2.88 bits per heavy atom. The van der Waals surface area contributed by atoms with E-state index in [0.29, 0.717) is 19.0 Å². The number of methoxy groups -OCH3 is 1. The van der Waals surface area contributed by atoms with Crippen LogP contribution in [0.4, 0.5) is 0 Å². The zero-order valence-electron chi connectivity index (χ0n) is 19.0. The third-order valence-electron chi connectivity index (χ3n) is 5.29. The summed E-state index contributed by atoms with van der Waals surface area (Å²) in [6.07, 6.45) is -0.434. The summed E-state index contributed by atoms with van der Waals surface area (Å²) in [6, 6.07) is 12.0. The number of hydrogen-bond donors (Lipinski definition) is 3. The maximum atomic E-state index is 10.6. The maximum absolute atomic E-state index is 10.6. The molecule has 1 aromatic carbocycles. The van der Waals surface area contributed by atoms with E-state index >= 15 is 0 Å². The van der Waals surface area contributed by atoms with E-state index in [4.69, 9.17) is 14.5 Å². The molecule has 0 aliphatic carbocycles. The molecule has 1 aromatic heterocycles. The molecule has 1 saturated heterocycles. The summed E-state index contributed by atoms with van der Waals surface area (Å²) in [5.74, 6) is 1.43. The van der Waals surface area contributed by atoms with Crippen LogP contribution in [0, 0.1) is 0 Å². The third kappa shape index (κ3) is 7.87. The van der Waals surface area contributed by atoms with E-state index in [2.05, 4.69) is 40.0 Å². The molecule has 7 nitrogen and oxygen atoms in total. The number of hydrogen-bond acceptors (Lipinski definition) is 6. The largest absolute Gasteiger partial charge is 0.497 e. The summed E-state index contributed by atoms with van der Waals surface area (Å²) in [4.78, 5) is 8.62. The van der Waals surface area contributed by atoms with Gasteiger partial charge in [-0.1, -0.05) is 18.2 Å². The lowest BCUT2D eigenvalue weighted by Crippen LogP contribution is -2.44. The molecule has 3 rings (SSSR count). The van der Waals surface area contributed by atoms with Crippen molar-refractivity contribution in [2.45, 2.75) is 32.1 Å². The van der Waals surface area contributed by atoms with Gasteiger partial charge in [0.1, 0.15) is 5.75 Å². The highest BCUT2D eigenvalue weighted by Crippen LogP contribution is 2.27. The fourth-order valence-electron chi connectivity index (χ4n) is 3.67. The second kappa shape index (κ2) is 14.0. The van der Waals surface area contributed by atoms with Crippen molar-refractivity contribution < 1.29 is 14.6 Å². The van der Waals surface area contributed by atoms with Gasteiger partial charge in [-0.2, -0.15) is 0 Å². The first-order valence-electron chi connectivity index (χ1n) is 10.8. The van der Waals surface area contributed by atoms with Crippen molar-refractivity contribution in [1.82, 2.24) is 15.5 Å². The molecule has 0 bridgehead atoms. The Morgan fingerprint density at radius 1 is 1.34 bits per heavy atom. The first kappa shape index (κ1) is 26.8. The first-order valence-corrected chi connectivity index (χ1v) is 11.7. The third-order valence-corrected chi connectivity index (χ3v) is 6.27. The Labute approximate surface area is 212 Å². The number of benzene rings is 1. The lowest BCUT2D eigenvalue weighted by atomic mass is 10.1. The molecule has 1 aliphatic heterocycles. The Balaban J connectivity index is 0.00000363. The highest BCUT2D eigenvalue weighted by atomic mass is 127. The molecule has 178 valence electrons. The van der Waals surface area contributed by atoms with Gasteiger partial charge in [-0.25, -0.2) is 0 Å². The average Bonchev–Trinajstić information content (AvgIpc) is 3.32. The molecule has 0 saturated carbocycles. The molecule has 3 unspecified atom stereocenters.